The Labute approximate surface area is 140 Å². The van der Waals surface area contributed by atoms with Crippen LogP contribution in [-0.4, -0.2) is 41.3 Å². The molecular weight excluding hydrogens is 306 g/mol. The number of nitrogens with zero attached hydrogens (tertiary/aromatic N) is 2. The van der Waals surface area contributed by atoms with E-state index in [0.29, 0.717) is 31.0 Å². The van der Waals surface area contributed by atoms with Gasteiger partial charge < -0.3 is 14.6 Å². The summed E-state index contributed by atoms with van der Waals surface area (Å²) in [6.07, 6.45) is 4.70. The fourth-order valence-electron chi connectivity index (χ4n) is 3.01. The molecule has 1 aromatic carbocycles. The number of benzene rings is 1. The molecule has 1 fully saturated rings. The Bertz CT molecular complexity index is 695. The van der Waals surface area contributed by atoms with E-state index in [1.54, 1.807) is 23.2 Å². The monoisotopic (exact) mass is 327 g/mol. The lowest BCUT2D eigenvalue weighted by molar-refractivity contribution is -0.126. The molecule has 1 aliphatic heterocycles. The van der Waals surface area contributed by atoms with Crippen LogP contribution in [0.3, 0.4) is 0 Å². The number of nitrogens with one attached hydrogen (secondary N) is 1. The van der Waals surface area contributed by atoms with Gasteiger partial charge in [0.2, 0.25) is 5.91 Å². The number of piperidine rings is 1. The highest BCUT2D eigenvalue weighted by Gasteiger charge is 2.28. The number of rotatable bonds is 4. The van der Waals surface area contributed by atoms with Crippen molar-refractivity contribution >= 4 is 11.8 Å². The van der Waals surface area contributed by atoms with Gasteiger partial charge in [-0.05, 0) is 31.9 Å². The molecule has 6 nitrogen and oxygen atoms in total. The van der Waals surface area contributed by atoms with E-state index in [-0.39, 0.29) is 17.7 Å². The average molecular weight is 327 g/mol. The van der Waals surface area contributed by atoms with Crippen LogP contribution in [0.4, 0.5) is 0 Å². The van der Waals surface area contributed by atoms with Crippen LogP contribution >= 0.6 is 0 Å². The first-order valence-electron chi connectivity index (χ1n) is 8.25. The lowest BCUT2D eigenvalue weighted by Gasteiger charge is -2.32. The normalized spacial score (nSPS) is 17.5. The van der Waals surface area contributed by atoms with Crippen molar-refractivity contribution in [3.8, 4) is 11.3 Å². The number of carbonyl (C=O) groups is 2. The summed E-state index contributed by atoms with van der Waals surface area (Å²) < 4.78 is 5.25. The molecule has 24 heavy (non-hydrogen) atoms. The van der Waals surface area contributed by atoms with Gasteiger partial charge >= 0.3 is 0 Å². The van der Waals surface area contributed by atoms with E-state index in [1.165, 1.54) is 6.39 Å². The summed E-state index contributed by atoms with van der Waals surface area (Å²) in [4.78, 5) is 30.4. The van der Waals surface area contributed by atoms with Crippen molar-refractivity contribution in [1.82, 2.24) is 15.2 Å². The molecule has 1 atom stereocenters. The van der Waals surface area contributed by atoms with Gasteiger partial charge in [0.05, 0.1) is 12.1 Å². The Kier molecular flexibility index (Phi) is 4.93. The minimum absolute atomic E-state index is 0.0341. The molecule has 2 amide bonds. The maximum absolute atomic E-state index is 12.7. The Balaban J connectivity index is 1.68. The average Bonchev–Trinajstić information content (AvgIpc) is 3.16. The van der Waals surface area contributed by atoms with Gasteiger partial charge in [0, 0.05) is 30.8 Å². The van der Waals surface area contributed by atoms with Crippen molar-refractivity contribution in [2.75, 3.05) is 19.6 Å². The van der Waals surface area contributed by atoms with E-state index in [9.17, 15) is 9.59 Å². The molecule has 6 heteroatoms. The third-order valence-corrected chi connectivity index (χ3v) is 4.28. The number of amides is 2. The molecule has 0 radical (unpaired) electrons. The van der Waals surface area contributed by atoms with E-state index < -0.39 is 0 Å². The molecule has 3 rings (SSSR count). The highest BCUT2D eigenvalue weighted by molar-refractivity contribution is 5.95. The second-order valence-electron chi connectivity index (χ2n) is 5.93. The molecule has 1 aromatic heterocycles. The smallest absolute Gasteiger partial charge is 0.253 e. The van der Waals surface area contributed by atoms with E-state index >= 15 is 0 Å². The van der Waals surface area contributed by atoms with Crippen LogP contribution in [0, 0.1) is 5.92 Å². The number of hydrogen-bond donors (Lipinski definition) is 1. The van der Waals surface area contributed by atoms with Crippen LogP contribution in [0.1, 0.15) is 30.1 Å². The van der Waals surface area contributed by atoms with Crippen molar-refractivity contribution in [3.05, 3.63) is 42.4 Å². The lowest BCUT2D eigenvalue weighted by Crippen LogP contribution is -2.45. The molecule has 0 spiro atoms. The summed E-state index contributed by atoms with van der Waals surface area (Å²) in [7, 11) is 0. The standard InChI is InChI=1S/C18H21N3O3/c1-2-20-17(22)15-4-3-9-21(11-15)18(23)14-7-5-13(6-8-14)16-10-19-12-24-16/h5-8,10,12,15H,2-4,9,11H2,1H3,(H,20,22)/t15-/m0/s1. The predicted molar refractivity (Wildman–Crippen MR) is 89.3 cm³/mol. The fraction of sp³-hybridized carbons (Fsp3) is 0.389. The zero-order chi connectivity index (χ0) is 16.9. The van der Waals surface area contributed by atoms with Crippen molar-refractivity contribution < 1.29 is 14.0 Å². The fourth-order valence-corrected chi connectivity index (χ4v) is 3.01. The van der Waals surface area contributed by atoms with E-state index in [0.717, 1.165) is 18.4 Å². The van der Waals surface area contributed by atoms with Gasteiger partial charge in [-0.15, -0.1) is 0 Å². The van der Waals surface area contributed by atoms with Crippen molar-refractivity contribution in [2.45, 2.75) is 19.8 Å². The van der Waals surface area contributed by atoms with Crippen molar-refractivity contribution in [2.24, 2.45) is 5.92 Å². The largest absolute Gasteiger partial charge is 0.444 e. The summed E-state index contributed by atoms with van der Waals surface area (Å²) in [5.41, 5.74) is 1.50. The molecule has 1 saturated heterocycles. The summed E-state index contributed by atoms with van der Waals surface area (Å²) in [5, 5.41) is 2.84. The summed E-state index contributed by atoms with van der Waals surface area (Å²) in [5.74, 6) is 0.558. The van der Waals surface area contributed by atoms with Crippen LogP contribution in [0.25, 0.3) is 11.3 Å². The summed E-state index contributed by atoms with van der Waals surface area (Å²) in [6.45, 7) is 3.69. The van der Waals surface area contributed by atoms with Gasteiger partial charge in [0.15, 0.2) is 12.2 Å². The highest BCUT2D eigenvalue weighted by atomic mass is 16.3. The van der Waals surface area contributed by atoms with Crippen LogP contribution in [-0.2, 0) is 4.79 Å². The van der Waals surface area contributed by atoms with E-state index in [2.05, 4.69) is 10.3 Å². The second kappa shape index (κ2) is 7.29. The van der Waals surface area contributed by atoms with Crippen molar-refractivity contribution in [3.63, 3.8) is 0 Å². The van der Waals surface area contributed by atoms with E-state index in [4.69, 9.17) is 4.42 Å². The van der Waals surface area contributed by atoms with Crippen LogP contribution in [0.15, 0.2) is 41.3 Å². The minimum Gasteiger partial charge on any atom is -0.444 e. The van der Waals surface area contributed by atoms with Crippen LogP contribution in [0.5, 0.6) is 0 Å². The van der Waals surface area contributed by atoms with Gasteiger partial charge in [-0.3, -0.25) is 9.59 Å². The molecule has 2 heterocycles. The molecule has 2 aromatic rings. The SMILES string of the molecule is CCNC(=O)[C@H]1CCCN(C(=O)c2ccc(-c3cnco3)cc2)C1. The zero-order valence-electron chi connectivity index (χ0n) is 13.7. The third-order valence-electron chi connectivity index (χ3n) is 4.28. The Hall–Kier alpha value is -2.63. The molecule has 1 aliphatic rings. The van der Waals surface area contributed by atoms with Gasteiger partial charge in [0.1, 0.15) is 0 Å². The maximum Gasteiger partial charge on any atom is 0.253 e. The van der Waals surface area contributed by atoms with Gasteiger partial charge in [-0.1, -0.05) is 12.1 Å². The first kappa shape index (κ1) is 16.2. The zero-order valence-corrected chi connectivity index (χ0v) is 13.7. The van der Waals surface area contributed by atoms with Crippen LogP contribution in [0.2, 0.25) is 0 Å². The topological polar surface area (TPSA) is 75.4 Å². The molecule has 0 unspecified atom stereocenters. The highest BCUT2D eigenvalue weighted by Crippen LogP contribution is 2.22. The van der Waals surface area contributed by atoms with Crippen LogP contribution < -0.4 is 5.32 Å². The first-order valence-corrected chi connectivity index (χ1v) is 8.25. The van der Waals surface area contributed by atoms with Crippen molar-refractivity contribution in [1.29, 1.82) is 0 Å². The van der Waals surface area contributed by atoms with E-state index in [1.807, 2.05) is 19.1 Å². The number of oxazole rings is 1. The Morgan fingerprint density at radius 1 is 1.33 bits per heavy atom. The third kappa shape index (κ3) is 3.48. The molecular formula is C18H21N3O3. The lowest BCUT2D eigenvalue weighted by atomic mass is 9.96. The quantitative estimate of drug-likeness (QED) is 0.935. The minimum atomic E-state index is -0.115. The number of carbonyl (C=O) groups excluding carboxylic acids is 2. The van der Waals surface area contributed by atoms with Gasteiger partial charge in [0.25, 0.3) is 5.91 Å². The molecule has 0 saturated carbocycles. The predicted octanol–water partition coefficient (Wildman–Crippen LogP) is 2.33. The van der Waals surface area contributed by atoms with Gasteiger partial charge in [-0.2, -0.15) is 0 Å². The second-order valence-corrected chi connectivity index (χ2v) is 5.93. The first-order chi connectivity index (χ1) is 11.7. The molecule has 0 bridgehead atoms. The molecule has 0 aliphatic carbocycles. The molecule has 126 valence electrons. The number of aromatic nitrogens is 1. The maximum atomic E-state index is 12.7. The Morgan fingerprint density at radius 2 is 2.12 bits per heavy atom. The summed E-state index contributed by atoms with van der Waals surface area (Å²) >= 11 is 0. The number of likely N-dealkylation sites (tertiary alicyclic amines) is 1. The Morgan fingerprint density at radius 3 is 2.79 bits per heavy atom. The molecule has 1 N–H and O–H groups in total. The van der Waals surface area contributed by atoms with Gasteiger partial charge in [-0.25, -0.2) is 4.98 Å². The summed E-state index contributed by atoms with van der Waals surface area (Å²) in [6, 6.07) is 7.27. The number of hydrogen-bond acceptors (Lipinski definition) is 4.